The number of benzene rings is 1. The minimum absolute atomic E-state index is 0.301. The first-order valence-electron chi connectivity index (χ1n) is 5.15. The lowest BCUT2D eigenvalue weighted by Gasteiger charge is -2.11. The summed E-state index contributed by atoms with van der Waals surface area (Å²) in [4.78, 5) is 13.9. The number of fused-ring (bicyclic) bond motifs is 1. The van der Waals surface area contributed by atoms with Crippen LogP contribution in [0.25, 0.3) is 10.9 Å². The van der Waals surface area contributed by atoms with Crippen LogP contribution in [0.2, 0.25) is 0 Å². The molecule has 1 aromatic heterocycles. The Balaban J connectivity index is 2.25. The molecule has 0 amide bonds. The van der Waals surface area contributed by atoms with E-state index in [9.17, 15) is 9.18 Å². The van der Waals surface area contributed by atoms with Gasteiger partial charge in [-0.2, -0.15) is 0 Å². The molecular formula is C12H10FNO2. The molecule has 1 aliphatic carbocycles. The number of H-pyrrole nitrogens is 1. The van der Waals surface area contributed by atoms with Gasteiger partial charge in [0.2, 0.25) is 0 Å². The molecule has 1 aliphatic rings. The molecule has 2 aromatic rings. The van der Waals surface area contributed by atoms with Gasteiger partial charge >= 0.3 is 5.97 Å². The Bertz CT molecular complexity index is 584. The largest absolute Gasteiger partial charge is 0.481 e. The zero-order chi connectivity index (χ0) is 11.3. The number of aliphatic carboxylic acids is 1. The second kappa shape index (κ2) is 2.84. The van der Waals surface area contributed by atoms with E-state index in [2.05, 4.69) is 4.98 Å². The van der Waals surface area contributed by atoms with Crippen LogP contribution in [0.5, 0.6) is 0 Å². The van der Waals surface area contributed by atoms with E-state index >= 15 is 0 Å². The zero-order valence-electron chi connectivity index (χ0n) is 8.46. The molecule has 0 saturated heterocycles. The summed E-state index contributed by atoms with van der Waals surface area (Å²) in [6.07, 6.45) is 2.69. The van der Waals surface area contributed by atoms with E-state index in [0.29, 0.717) is 23.9 Å². The number of halogens is 1. The van der Waals surface area contributed by atoms with Crippen molar-refractivity contribution in [3.8, 4) is 0 Å². The van der Waals surface area contributed by atoms with Gasteiger partial charge in [0.25, 0.3) is 0 Å². The monoisotopic (exact) mass is 219 g/mol. The lowest BCUT2D eigenvalue weighted by atomic mass is 9.94. The number of nitrogens with one attached hydrogen (secondary N) is 1. The molecule has 4 heteroatoms. The standard InChI is InChI=1S/C12H10FNO2/c13-9-8(12(4-5-12)11(15)16)2-1-7-3-6-14-10(7)9/h1-3,6,14H,4-5H2,(H,15,16). The first-order valence-corrected chi connectivity index (χ1v) is 5.15. The van der Waals surface area contributed by atoms with Crippen molar-refractivity contribution >= 4 is 16.9 Å². The molecule has 82 valence electrons. The maximum Gasteiger partial charge on any atom is 0.314 e. The predicted octanol–water partition coefficient (Wildman–Crippen LogP) is 2.42. The molecule has 0 atom stereocenters. The summed E-state index contributed by atoms with van der Waals surface area (Å²) in [5.41, 5.74) is -0.288. The van der Waals surface area contributed by atoms with E-state index in [4.69, 9.17) is 5.11 Å². The van der Waals surface area contributed by atoms with Crippen molar-refractivity contribution in [3.63, 3.8) is 0 Å². The highest BCUT2D eigenvalue weighted by Crippen LogP contribution is 2.49. The van der Waals surface area contributed by atoms with E-state index in [-0.39, 0.29) is 0 Å². The van der Waals surface area contributed by atoms with Gasteiger partial charge in [-0.3, -0.25) is 4.79 Å². The van der Waals surface area contributed by atoms with Gasteiger partial charge in [-0.05, 0) is 18.9 Å². The SMILES string of the molecule is O=C(O)C1(c2ccc3cc[nH]c3c2F)CC1. The van der Waals surface area contributed by atoms with Gasteiger partial charge in [0.05, 0.1) is 10.9 Å². The number of hydrogen-bond donors (Lipinski definition) is 2. The Morgan fingerprint density at radius 2 is 2.12 bits per heavy atom. The summed E-state index contributed by atoms with van der Waals surface area (Å²) < 4.78 is 14.1. The Morgan fingerprint density at radius 3 is 2.75 bits per heavy atom. The van der Waals surface area contributed by atoms with Gasteiger partial charge in [-0.1, -0.05) is 12.1 Å². The average molecular weight is 219 g/mol. The van der Waals surface area contributed by atoms with Crippen molar-refractivity contribution in [2.75, 3.05) is 0 Å². The highest BCUT2D eigenvalue weighted by atomic mass is 19.1. The molecule has 0 aliphatic heterocycles. The molecule has 1 aromatic carbocycles. The molecule has 2 N–H and O–H groups in total. The fourth-order valence-electron chi connectivity index (χ4n) is 2.18. The Morgan fingerprint density at radius 1 is 1.38 bits per heavy atom. The third-order valence-corrected chi connectivity index (χ3v) is 3.34. The topological polar surface area (TPSA) is 53.1 Å². The molecular weight excluding hydrogens is 209 g/mol. The van der Waals surface area contributed by atoms with Crippen molar-refractivity contribution in [1.82, 2.24) is 4.98 Å². The smallest absolute Gasteiger partial charge is 0.314 e. The van der Waals surface area contributed by atoms with Gasteiger partial charge in [0.1, 0.15) is 0 Å². The Kier molecular flexibility index (Phi) is 1.67. The fourth-order valence-corrected chi connectivity index (χ4v) is 2.18. The molecule has 1 heterocycles. The van der Waals surface area contributed by atoms with Gasteiger partial charge in [-0.25, -0.2) is 4.39 Å². The summed E-state index contributed by atoms with van der Waals surface area (Å²) in [5.74, 6) is -1.36. The van der Waals surface area contributed by atoms with Crippen LogP contribution in [0.15, 0.2) is 24.4 Å². The van der Waals surface area contributed by atoms with Crippen LogP contribution < -0.4 is 0 Å². The molecule has 0 radical (unpaired) electrons. The number of carbonyl (C=O) groups is 1. The first-order chi connectivity index (χ1) is 7.65. The van der Waals surface area contributed by atoms with Crippen LogP contribution in [0.1, 0.15) is 18.4 Å². The fraction of sp³-hybridized carbons (Fsp3) is 0.250. The maximum atomic E-state index is 14.1. The lowest BCUT2D eigenvalue weighted by Crippen LogP contribution is -2.21. The summed E-state index contributed by atoms with van der Waals surface area (Å²) in [5, 5.41) is 9.89. The number of aromatic nitrogens is 1. The minimum atomic E-state index is -0.983. The molecule has 16 heavy (non-hydrogen) atoms. The van der Waals surface area contributed by atoms with Crippen LogP contribution in [-0.2, 0) is 10.2 Å². The van der Waals surface area contributed by atoms with Crippen LogP contribution in [0.3, 0.4) is 0 Å². The lowest BCUT2D eigenvalue weighted by molar-refractivity contribution is -0.140. The van der Waals surface area contributed by atoms with Crippen LogP contribution in [-0.4, -0.2) is 16.1 Å². The Labute approximate surface area is 90.9 Å². The molecule has 0 spiro atoms. The van der Waals surface area contributed by atoms with E-state index < -0.39 is 17.2 Å². The second-order valence-electron chi connectivity index (χ2n) is 4.26. The third kappa shape index (κ3) is 1.04. The van der Waals surface area contributed by atoms with Crippen molar-refractivity contribution in [2.45, 2.75) is 18.3 Å². The number of hydrogen-bond acceptors (Lipinski definition) is 1. The molecule has 3 rings (SSSR count). The summed E-state index contributed by atoms with van der Waals surface area (Å²) >= 11 is 0. The number of aromatic amines is 1. The molecule has 3 nitrogen and oxygen atoms in total. The van der Waals surface area contributed by atoms with E-state index in [1.807, 2.05) is 0 Å². The van der Waals surface area contributed by atoms with E-state index in [1.165, 1.54) is 0 Å². The van der Waals surface area contributed by atoms with Crippen molar-refractivity contribution in [1.29, 1.82) is 0 Å². The average Bonchev–Trinajstić information content (AvgIpc) is 2.90. The number of rotatable bonds is 2. The van der Waals surface area contributed by atoms with Crippen LogP contribution in [0, 0.1) is 5.82 Å². The second-order valence-corrected chi connectivity index (χ2v) is 4.26. The summed E-state index contributed by atoms with van der Waals surface area (Å²) in [6, 6.07) is 5.11. The highest BCUT2D eigenvalue weighted by Gasteiger charge is 2.53. The normalized spacial score (nSPS) is 17.6. The van der Waals surface area contributed by atoms with Crippen molar-refractivity contribution < 1.29 is 14.3 Å². The van der Waals surface area contributed by atoms with Gasteiger partial charge < -0.3 is 10.1 Å². The number of carboxylic acids is 1. The minimum Gasteiger partial charge on any atom is -0.481 e. The molecule has 1 saturated carbocycles. The summed E-state index contributed by atoms with van der Waals surface area (Å²) in [7, 11) is 0. The summed E-state index contributed by atoms with van der Waals surface area (Å²) in [6.45, 7) is 0. The van der Waals surface area contributed by atoms with Crippen molar-refractivity contribution in [3.05, 3.63) is 35.8 Å². The third-order valence-electron chi connectivity index (χ3n) is 3.34. The van der Waals surface area contributed by atoms with Crippen molar-refractivity contribution in [2.24, 2.45) is 0 Å². The first kappa shape index (κ1) is 9.39. The highest BCUT2D eigenvalue weighted by molar-refractivity contribution is 5.88. The van der Waals surface area contributed by atoms with E-state index in [0.717, 1.165) is 5.39 Å². The molecule has 0 unspecified atom stereocenters. The predicted molar refractivity (Wildman–Crippen MR) is 56.8 cm³/mol. The maximum absolute atomic E-state index is 14.1. The van der Waals surface area contributed by atoms with Crippen LogP contribution in [0.4, 0.5) is 4.39 Å². The van der Waals surface area contributed by atoms with Gasteiger partial charge in [-0.15, -0.1) is 0 Å². The molecule has 0 bridgehead atoms. The zero-order valence-corrected chi connectivity index (χ0v) is 8.46. The number of carboxylic acid groups (broad SMARTS) is 1. The quantitative estimate of drug-likeness (QED) is 0.814. The molecule has 1 fully saturated rings. The van der Waals surface area contributed by atoms with Gasteiger partial charge in [0, 0.05) is 17.1 Å². The van der Waals surface area contributed by atoms with Crippen LogP contribution >= 0.6 is 0 Å². The van der Waals surface area contributed by atoms with Gasteiger partial charge in [0.15, 0.2) is 5.82 Å². The van der Waals surface area contributed by atoms with E-state index in [1.54, 1.807) is 24.4 Å². The Hall–Kier alpha value is -1.84.